The number of aliphatic imine (C=N–C) groups is 1. The molecular weight excluding hydrogens is 298 g/mol. The van der Waals surface area contributed by atoms with Gasteiger partial charge in [0.2, 0.25) is 0 Å². The molecule has 22 heavy (non-hydrogen) atoms. The van der Waals surface area contributed by atoms with Crippen LogP contribution < -0.4 is 10.6 Å². The van der Waals surface area contributed by atoms with Gasteiger partial charge in [-0.1, -0.05) is 0 Å². The Morgan fingerprint density at radius 3 is 2.95 bits per heavy atom. The Bertz CT molecular complexity index is 335. The molecule has 1 saturated carbocycles. The number of hydrogen-bond donors (Lipinski definition) is 2. The van der Waals surface area contributed by atoms with Crippen LogP contribution in [0.25, 0.3) is 0 Å². The van der Waals surface area contributed by atoms with Crippen LogP contribution >= 0.6 is 11.8 Å². The van der Waals surface area contributed by atoms with Gasteiger partial charge in [-0.3, -0.25) is 4.99 Å². The van der Waals surface area contributed by atoms with E-state index in [9.17, 15) is 0 Å². The Hall–Kier alpha value is -0.460. The Labute approximate surface area is 139 Å². The van der Waals surface area contributed by atoms with E-state index in [1.54, 1.807) is 0 Å². The molecule has 0 aromatic heterocycles. The van der Waals surface area contributed by atoms with E-state index in [4.69, 9.17) is 9.47 Å². The van der Waals surface area contributed by atoms with Gasteiger partial charge in [0.05, 0.1) is 25.9 Å². The summed E-state index contributed by atoms with van der Waals surface area (Å²) in [4.78, 5) is 4.61. The molecule has 0 aromatic rings. The predicted molar refractivity (Wildman–Crippen MR) is 93.8 cm³/mol. The number of nitrogens with zero attached hydrogens (tertiary/aromatic N) is 1. The first-order valence-corrected chi connectivity index (χ1v) is 9.87. The largest absolute Gasteiger partial charge is 0.377 e. The maximum atomic E-state index is 5.66. The summed E-state index contributed by atoms with van der Waals surface area (Å²) in [7, 11) is 0. The standard InChI is InChI=1S/C16H31N3O2S/c1-3-17-16(19-13-6-7-15(11-13)22-2)18-8-10-20-12-14-5-4-9-21-14/h13-15H,3-12H2,1-2H3,(H2,17,18,19). The van der Waals surface area contributed by atoms with Crippen LogP contribution in [0.4, 0.5) is 0 Å². The minimum absolute atomic E-state index is 0.303. The summed E-state index contributed by atoms with van der Waals surface area (Å²) in [6.07, 6.45) is 8.59. The van der Waals surface area contributed by atoms with Crippen LogP contribution in [0.1, 0.15) is 39.0 Å². The van der Waals surface area contributed by atoms with E-state index in [0.717, 1.165) is 30.8 Å². The van der Waals surface area contributed by atoms with Gasteiger partial charge < -0.3 is 20.1 Å². The summed E-state index contributed by atoms with van der Waals surface area (Å²) in [5.74, 6) is 0.926. The van der Waals surface area contributed by atoms with Crippen molar-refractivity contribution >= 4 is 17.7 Å². The van der Waals surface area contributed by atoms with E-state index < -0.39 is 0 Å². The van der Waals surface area contributed by atoms with Gasteiger partial charge in [-0.25, -0.2) is 0 Å². The molecule has 0 radical (unpaired) electrons. The molecule has 2 fully saturated rings. The normalized spacial score (nSPS) is 29.0. The average molecular weight is 330 g/mol. The lowest BCUT2D eigenvalue weighted by Crippen LogP contribution is -2.42. The molecule has 0 spiro atoms. The van der Waals surface area contributed by atoms with Crippen molar-refractivity contribution in [2.24, 2.45) is 4.99 Å². The first kappa shape index (κ1) is 17.9. The van der Waals surface area contributed by atoms with Crippen molar-refractivity contribution in [2.45, 2.75) is 56.4 Å². The molecule has 2 N–H and O–H groups in total. The van der Waals surface area contributed by atoms with Gasteiger partial charge in [-0.2, -0.15) is 11.8 Å². The zero-order chi connectivity index (χ0) is 15.6. The Morgan fingerprint density at radius 2 is 2.27 bits per heavy atom. The Kier molecular flexibility index (Phi) is 8.41. The summed E-state index contributed by atoms with van der Waals surface area (Å²) < 4.78 is 11.2. The quantitative estimate of drug-likeness (QED) is 0.405. The highest BCUT2D eigenvalue weighted by Crippen LogP contribution is 2.27. The van der Waals surface area contributed by atoms with E-state index in [2.05, 4.69) is 28.8 Å². The molecule has 0 bridgehead atoms. The molecule has 128 valence electrons. The van der Waals surface area contributed by atoms with Crippen LogP contribution in [0, 0.1) is 0 Å². The molecule has 5 nitrogen and oxygen atoms in total. The molecule has 3 atom stereocenters. The van der Waals surface area contributed by atoms with Gasteiger partial charge >= 0.3 is 0 Å². The number of ether oxygens (including phenoxy) is 2. The Morgan fingerprint density at radius 1 is 1.36 bits per heavy atom. The fraction of sp³-hybridized carbons (Fsp3) is 0.938. The van der Waals surface area contributed by atoms with Crippen molar-refractivity contribution in [1.29, 1.82) is 0 Å². The third-order valence-corrected chi connectivity index (χ3v) is 5.33. The maximum absolute atomic E-state index is 5.66. The molecule has 0 aromatic carbocycles. The first-order chi connectivity index (χ1) is 10.8. The van der Waals surface area contributed by atoms with Crippen LogP contribution in [0.5, 0.6) is 0 Å². The highest BCUT2D eigenvalue weighted by molar-refractivity contribution is 7.99. The predicted octanol–water partition coefficient (Wildman–Crippen LogP) is 2.02. The number of hydrogen-bond acceptors (Lipinski definition) is 4. The van der Waals surface area contributed by atoms with Crippen LogP contribution in [-0.2, 0) is 9.47 Å². The summed E-state index contributed by atoms with van der Waals surface area (Å²) >= 11 is 1.98. The van der Waals surface area contributed by atoms with Gasteiger partial charge in [0.1, 0.15) is 0 Å². The smallest absolute Gasteiger partial charge is 0.191 e. The van der Waals surface area contributed by atoms with Crippen molar-refractivity contribution in [2.75, 3.05) is 39.2 Å². The van der Waals surface area contributed by atoms with Gasteiger partial charge in [0, 0.05) is 24.4 Å². The van der Waals surface area contributed by atoms with Gasteiger partial charge in [-0.05, 0) is 45.3 Å². The zero-order valence-corrected chi connectivity index (χ0v) is 14.8. The number of nitrogens with one attached hydrogen (secondary N) is 2. The Balaban J connectivity index is 1.63. The van der Waals surface area contributed by atoms with Crippen molar-refractivity contribution < 1.29 is 9.47 Å². The lowest BCUT2D eigenvalue weighted by atomic mass is 10.2. The fourth-order valence-corrected chi connectivity index (χ4v) is 3.81. The molecule has 3 unspecified atom stereocenters. The second-order valence-corrected chi connectivity index (χ2v) is 7.12. The molecule has 1 aliphatic carbocycles. The number of guanidine groups is 1. The summed E-state index contributed by atoms with van der Waals surface area (Å²) in [6, 6.07) is 0.558. The van der Waals surface area contributed by atoms with Gasteiger partial charge in [0.15, 0.2) is 5.96 Å². The van der Waals surface area contributed by atoms with E-state index in [-0.39, 0.29) is 0 Å². The molecule has 6 heteroatoms. The molecule has 2 aliphatic rings. The minimum atomic E-state index is 0.303. The average Bonchev–Trinajstić information content (AvgIpc) is 3.18. The highest BCUT2D eigenvalue weighted by Gasteiger charge is 2.24. The van der Waals surface area contributed by atoms with E-state index in [0.29, 0.717) is 31.9 Å². The lowest BCUT2D eigenvalue weighted by Gasteiger charge is -2.17. The molecule has 1 aliphatic heterocycles. The first-order valence-electron chi connectivity index (χ1n) is 8.58. The number of rotatable bonds is 8. The molecule has 1 saturated heterocycles. The van der Waals surface area contributed by atoms with Crippen molar-refractivity contribution in [3.63, 3.8) is 0 Å². The summed E-state index contributed by atoms with van der Waals surface area (Å²) in [5, 5.41) is 7.69. The van der Waals surface area contributed by atoms with Crippen LogP contribution in [-0.4, -0.2) is 62.5 Å². The molecule has 0 amide bonds. The van der Waals surface area contributed by atoms with E-state index in [1.807, 2.05) is 11.8 Å². The topological polar surface area (TPSA) is 54.9 Å². The minimum Gasteiger partial charge on any atom is -0.377 e. The van der Waals surface area contributed by atoms with Crippen LogP contribution in [0.2, 0.25) is 0 Å². The third-order valence-electron chi connectivity index (χ3n) is 4.24. The third kappa shape index (κ3) is 6.34. The molecular formula is C16H31N3O2S. The van der Waals surface area contributed by atoms with Crippen LogP contribution in [0.15, 0.2) is 4.99 Å². The zero-order valence-electron chi connectivity index (χ0n) is 14.0. The molecule has 1 heterocycles. The summed E-state index contributed by atoms with van der Waals surface area (Å²) in [5.41, 5.74) is 0. The number of thioether (sulfide) groups is 1. The molecule has 2 rings (SSSR count). The second-order valence-electron chi connectivity index (χ2n) is 5.98. The van der Waals surface area contributed by atoms with E-state index in [1.165, 1.54) is 25.7 Å². The van der Waals surface area contributed by atoms with Gasteiger partial charge in [-0.15, -0.1) is 0 Å². The van der Waals surface area contributed by atoms with Crippen molar-refractivity contribution in [3.8, 4) is 0 Å². The second kappa shape index (κ2) is 10.3. The maximum Gasteiger partial charge on any atom is 0.191 e. The van der Waals surface area contributed by atoms with Crippen molar-refractivity contribution in [3.05, 3.63) is 0 Å². The summed E-state index contributed by atoms with van der Waals surface area (Å²) in [6.45, 7) is 5.94. The monoisotopic (exact) mass is 329 g/mol. The van der Waals surface area contributed by atoms with Gasteiger partial charge in [0.25, 0.3) is 0 Å². The fourth-order valence-electron chi connectivity index (χ4n) is 3.01. The van der Waals surface area contributed by atoms with Crippen LogP contribution in [0.3, 0.4) is 0 Å². The SMILES string of the molecule is CCNC(=NCCOCC1CCCO1)NC1CCC(SC)C1. The lowest BCUT2D eigenvalue weighted by molar-refractivity contribution is 0.0200. The highest BCUT2D eigenvalue weighted by atomic mass is 32.2. The van der Waals surface area contributed by atoms with E-state index >= 15 is 0 Å². The van der Waals surface area contributed by atoms with Crippen molar-refractivity contribution in [1.82, 2.24) is 10.6 Å².